The highest BCUT2D eigenvalue weighted by molar-refractivity contribution is 6.30. The molecule has 6 rings (SSSR count). The van der Waals surface area contributed by atoms with Gasteiger partial charge in [-0.3, -0.25) is 4.57 Å². The van der Waals surface area contributed by atoms with Crippen LogP contribution in [0.3, 0.4) is 0 Å². The summed E-state index contributed by atoms with van der Waals surface area (Å²) in [6.07, 6.45) is 8.29. The third-order valence-electron chi connectivity index (χ3n) is 6.05. The number of aromatic nitrogens is 5. The zero-order valence-corrected chi connectivity index (χ0v) is 18.2. The summed E-state index contributed by atoms with van der Waals surface area (Å²) in [5.41, 5.74) is 4.67. The standard InChI is InChI=1S/C23H21ClN6O2/c1-13-10-25-23(26-11-13)30-5-4-15-8-16(9-17(19(15)30)14-2-3-14)29-6-7-32-21-18(22(29)31)20(24)27-12-28-21/h4-5,8-12,14,22,31H,2-3,6-7H2,1H3. The largest absolute Gasteiger partial charge is 0.475 e. The predicted molar refractivity (Wildman–Crippen MR) is 120 cm³/mol. The van der Waals surface area contributed by atoms with Crippen molar-refractivity contribution >= 4 is 28.2 Å². The molecule has 0 radical (unpaired) electrons. The fourth-order valence-corrected chi connectivity index (χ4v) is 4.55. The predicted octanol–water partition coefficient (Wildman–Crippen LogP) is 3.94. The molecular formula is C23H21ClN6O2. The molecule has 162 valence electrons. The molecule has 4 aromatic rings. The summed E-state index contributed by atoms with van der Waals surface area (Å²) in [4.78, 5) is 19.1. The Kier molecular flexibility index (Phi) is 4.51. The average molecular weight is 449 g/mol. The number of anilines is 1. The van der Waals surface area contributed by atoms with Gasteiger partial charge in [-0.05, 0) is 55.0 Å². The molecule has 1 saturated carbocycles. The van der Waals surface area contributed by atoms with Crippen LogP contribution in [0, 0.1) is 6.92 Å². The number of ether oxygens (including phenoxy) is 1. The fourth-order valence-electron chi connectivity index (χ4n) is 4.33. The van der Waals surface area contributed by atoms with Crippen LogP contribution in [0.25, 0.3) is 16.9 Å². The Balaban J connectivity index is 1.48. The molecule has 0 amide bonds. The van der Waals surface area contributed by atoms with Gasteiger partial charge in [0.1, 0.15) is 23.7 Å². The zero-order valence-electron chi connectivity index (χ0n) is 17.4. The Morgan fingerprint density at radius 1 is 1.12 bits per heavy atom. The summed E-state index contributed by atoms with van der Waals surface area (Å²) in [6, 6.07) is 6.31. The monoisotopic (exact) mass is 448 g/mol. The van der Waals surface area contributed by atoms with Gasteiger partial charge in [0.25, 0.3) is 0 Å². The number of halogens is 1. The van der Waals surface area contributed by atoms with Crippen LogP contribution >= 0.6 is 11.6 Å². The number of hydrogen-bond acceptors (Lipinski definition) is 7. The van der Waals surface area contributed by atoms with E-state index in [9.17, 15) is 5.11 Å². The number of rotatable bonds is 3. The van der Waals surface area contributed by atoms with Crippen molar-refractivity contribution in [2.24, 2.45) is 0 Å². The molecule has 0 bridgehead atoms. The van der Waals surface area contributed by atoms with Gasteiger partial charge in [0, 0.05) is 29.7 Å². The second kappa shape index (κ2) is 7.43. The van der Waals surface area contributed by atoms with Gasteiger partial charge in [0.05, 0.1) is 12.1 Å². The Hall–Kier alpha value is -3.23. The second-order valence-electron chi connectivity index (χ2n) is 8.29. The third-order valence-corrected chi connectivity index (χ3v) is 6.35. The SMILES string of the molecule is Cc1cnc(-n2ccc3cc(N4CCOc5ncnc(Cl)c5C4O)cc(C4CC4)c32)nc1. The van der Waals surface area contributed by atoms with Gasteiger partial charge in [-0.25, -0.2) is 19.9 Å². The van der Waals surface area contributed by atoms with E-state index in [1.165, 1.54) is 11.9 Å². The number of aliphatic hydroxyl groups excluding tert-OH is 1. The number of hydrogen-bond donors (Lipinski definition) is 1. The van der Waals surface area contributed by atoms with Gasteiger partial charge >= 0.3 is 0 Å². The number of nitrogens with zero attached hydrogens (tertiary/aromatic N) is 6. The first-order valence-corrected chi connectivity index (χ1v) is 11.0. The van der Waals surface area contributed by atoms with Crippen molar-refractivity contribution in [1.29, 1.82) is 0 Å². The van der Waals surface area contributed by atoms with E-state index in [1.807, 2.05) is 35.0 Å². The Bertz CT molecular complexity index is 1320. The van der Waals surface area contributed by atoms with E-state index in [4.69, 9.17) is 16.3 Å². The topological polar surface area (TPSA) is 89.2 Å². The van der Waals surface area contributed by atoms with E-state index in [-0.39, 0.29) is 5.15 Å². The van der Waals surface area contributed by atoms with Crippen LogP contribution in [0.5, 0.6) is 5.88 Å². The Labute approximate surface area is 189 Å². The van der Waals surface area contributed by atoms with Crippen LogP contribution < -0.4 is 9.64 Å². The number of aliphatic hydroxyl groups is 1. The Morgan fingerprint density at radius 3 is 2.72 bits per heavy atom. The smallest absolute Gasteiger partial charge is 0.234 e. The summed E-state index contributed by atoms with van der Waals surface area (Å²) < 4.78 is 7.79. The maximum Gasteiger partial charge on any atom is 0.234 e. The van der Waals surface area contributed by atoms with Gasteiger partial charge in [0.15, 0.2) is 6.23 Å². The molecule has 32 heavy (non-hydrogen) atoms. The highest BCUT2D eigenvalue weighted by atomic mass is 35.5. The first kappa shape index (κ1) is 19.5. The highest BCUT2D eigenvalue weighted by Gasteiger charge is 2.32. The molecule has 1 aromatic carbocycles. The van der Waals surface area contributed by atoms with Crippen LogP contribution in [0.1, 0.15) is 41.7 Å². The molecule has 1 fully saturated rings. The van der Waals surface area contributed by atoms with Gasteiger partial charge in [0.2, 0.25) is 11.8 Å². The number of fused-ring (bicyclic) bond motifs is 2. The summed E-state index contributed by atoms with van der Waals surface area (Å²) in [7, 11) is 0. The van der Waals surface area contributed by atoms with E-state index in [0.717, 1.165) is 35.0 Å². The van der Waals surface area contributed by atoms with E-state index >= 15 is 0 Å². The summed E-state index contributed by atoms with van der Waals surface area (Å²) in [6.45, 7) is 2.85. The molecule has 4 heterocycles. The first-order chi connectivity index (χ1) is 15.6. The molecule has 2 aliphatic rings. The highest BCUT2D eigenvalue weighted by Crippen LogP contribution is 2.46. The minimum atomic E-state index is -1.01. The molecule has 1 unspecified atom stereocenters. The van der Waals surface area contributed by atoms with E-state index in [1.54, 1.807) is 0 Å². The lowest BCUT2D eigenvalue weighted by molar-refractivity contribution is 0.174. The minimum absolute atomic E-state index is 0.195. The second-order valence-corrected chi connectivity index (χ2v) is 8.65. The molecule has 0 spiro atoms. The molecule has 1 atom stereocenters. The average Bonchev–Trinajstić information content (AvgIpc) is 3.57. The molecular weight excluding hydrogens is 428 g/mol. The third kappa shape index (κ3) is 3.18. The number of aryl methyl sites for hydroxylation is 1. The van der Waals surface area contributed by atoms with Gasteiger partial charge in [-0.2, -0.15) is 0 Å². The van der Waals surface area contributed by atoms with Crippen molar-refractivity contribution in [2.45, 2.75) is 31.9 Å². The molecule has 3 aromatic heterocycles. The fraction of sp³-hybridized carbons (Fsp3) is 0.304. The lowest BCUT2D eigenvalue weighted by Gasteiger charge is -2.28. The molecule has 0 saturated heterocycles. The van der Waals surface area contributed by atoms with Crippen molar-refractivity contribution < 1.29 is 9.84 Å². The van der Waals surface area contributed by atoms with Crippen molar-refractivity contribution in [3.63, 3.8) is 0 Å². The van der Waals surface area contributed by atoms with Crippen LogP contribution in [0.15, 0.2) is 43.1 Å². The van der Waals surface area contributed by atoms with Gasteiger partial charge in [-0.1, -0.05) is 11.6 Å². The summed E-state index contributed by atoms with van der Waals surface area (Å²) in [5, 5.41) is 12.5. The minimum Gasteiger partial charge on any atom is -0.475 e. The van der Waals surface area contributed by atoms with Crippen LogP contribution in [0.2, 0.25) is 5.15 Å². The lowest BCUT2D eigenvalue weighted by atomic mass is 10.0. The number of benzene rings is 1. The molecule has 9 heteroatoms. The van der Waals surface area contributed by atoms with Crippen molar-refractivity contribution in [3.8, 4) is 11.8 Å². The van der Waals surface area contributed by atoms with E-state index in [2.05, 4.69) is 38.1 Å². The summed E-state index contributed by atoms with van der Waals surface area (Å²) in [5.74, 6) is 1.46. The first-order valence-electron chi connectivity index (χ1n) is 10.6. The Morgan fingerprint density at radius 2 is 1.94 bits per heavy atom. The zero-order chi connectivity index (χ0) is 21.8. The molecule has 8 nitrogen and oxygen atoms in total. The maximum atomic E-state index is 11.2. The normalized spacial score (nSPS) is 18.3. The molecule has 1 aliphatic heterocycles. The maximum absolute atomic E-state index is 11.2. The van der Waals surface area contributed by atoms with Crippen molar-refractivity contribution in [3.05, 3.63) is 65.0 Å². The van der Waals surface area contributed by atoms with Gasteiger partial charge < -0.3 is 14.7 Å². The molecule has 1 aliphatic carbocycles. The van der Waals surface area contributed by atoms with E-state index in [0.29, 0.717) is 36.5 Å². The quantitative estimate of drug-likeness (QED) is 0.475. The van der Waals surface area contributed by atoms with E-state index < -0.39 is 6.23 Å². The van der Waals surface area contributed by atoms with Crippen LogP contribution in [-0.2, 0) is 0 Å². The van der Waals surface area contributed by atoms with Crippen molar-refractivity contribution in [1.82, 2.24) is 24.5 Å². The van der Waals surface area contributed by atoms with Gasteiger partial charge in [-0.15, -0.1) is 0 Å². The lowest BCUT2D eigenvalue weighted by Crippen LogP contribution is -2.30. The molecule has 1 N–H and O–H groups in total. The van der Waals surface area contributed by atoms with Crippen molar-refractivity contribution in [2.75, 3.05) is 18.1 Å². The van der Waals surface area contributed by atoms with Crippen LogP contribution in [-0.4, -0.2) is 42.8 Å². The summed E-state index contributed by atoms with van der Waals surface area (Å²) >= 11 is 6.30. The van der Waals surface area contributed by atoms with Crippen LogP contribution in [0.4, 0.5) is 5.69 Å².